The molecule has 0 aliphatic heterocycles. The predicted octanol–water partition coefficient (Wildman–Crippen LogP) is 3.42. The van der Waals surface area contributed by atoms with Gasteiger partial charge in [0.25, 0.3) is 0 Å². The maximum atomic E-state index is 4.37. The molecule has 3 heteroatoms. The number of nitrogens with zero attached hydrogens (tertiary/aromatic N) is 1. The number of hydrogen-bond acceptors (Lipinski definition) is 2. The largest absolute Gasteiger partial charge is 0.347 e. The van der Waals surface area contributed by atoms with Crippen LogP contribution in [0.1, 0.15) is 64.2 Å². The first-order chi connectivity index (χ1) is 8.33. The van der Waals surface area contributed by atoms with E-state index in [0.717, 1.165) is 18.2 Å². The molecule has 0 bridgehead atoms. The van der Waals surface area contributed by atoms with Crippen LogP contribution in [-0.2, 0) is 0 Å². The molecule has 1 aliphatic rings. The van der Waals surface area contributed by atoms with Crippen LogP contribution in [0.3, 0.4) is 0 Å². The van der Waals surface area contributed by atoms with Gasteiger partial charge in [-0.15, -0.1) is 0 Å². The molecule has 1 fully saturated rings. The molecule has 0 aromatic carbocycles. The Morgan fingerprint density at radius 2 is 2.12 bits per heavy atom. The lowest BCUT2D eigenvalue weighted by Crippen LogP contribution is -2.36. The van der Waals surface area contributed by atoms with Crippen molar-refractivity contribution in [3.8, 4) is 0 Å². The molecule has 1 saturated carbocycles. The Labute approximate surface area is 104 Å². The number of aromatic amines is 1. The topological polar surface area (TPSA) is 40.7 Å². The minimum atomic E-state index is 0.396. The fourth-order valence-electron chi connectivity index (χ4n) is 2.88. The fraction of sp³-hybridized carbons (Fsp3) is 0.786. The van der Waals surface area contributed by atoms with Gasteiger partial charge in [-0.05, 0) is 38.0 Å². The summed E-state index contributed by atoms with van der Waals surface area (Å²) in [7, 11) is 0. The van der Waals surface area contributed by atoms with Gasteiger partial charge in [-0.1, -0.05) is 20.3 Å². The van der Waals surface area contributed by atoms with Gasteiger partial charge in [0, 0.05) is 18.4 Å². The van der Waals surface area contributed by atoms with Crippen LogP contribution in [0, 0.1) is 5.92 Å². The molecule has 3 nitrogen and oxygen atoms in total. The molecular formula is C14H25N3. The molecular weight excluding hydrogens is 210 g/mol. The van der Waals surface area contributed by atoms with Crippen molar-refractivity contribution >= 4 is 0 Å². The van der Waals surface area contributed by atoms with Gasteiger partial charge in [-0.2, -0.15) is 0 Å². The highest BCUT2D eigenvalue weighted by Gasteiger charge is 2.22. The van der Waals surface area contributed by atoms with E-state index in [1.165, 1.54) is 32.1 Å². The van der Waals surface area contributed by atoms with E-state index >= 15 is 0 Å². The Bertz CT molecular complexity index is 299. The van der Waals surface area contributed by atoms with E-state index < -0.39 is 0 Å². The Morgan fingerprint density at radius 3 is 2.65 bits per heavy atom. The monoisotopic (exact) mass is 235 g/mol. The number of nitrogens with one attached hydrogen (secondary N) is 2. The molecule has 0 radical (unpaired) electrons. The molecule has 2 rings (SSSR count). The van der Waals surface area contributed by atoms with Crippen LogP contribution in [-0.4, -0.2) is 16.0 Å². The van der Waals surface area contributed by atoms with Gasteiger partial charge >= 0.3 is 0 Å². The van der Waals surface area contributed by atoms with Crippen molar-refractivity contribution in [2.45, 2.75) is 64.5 Å². The third-order valence-corrected chi connectivity index (χ3v) is 4.12. The molecule has 0 saturated heterocycles. The zero-order valence-corrected chi connectivity index (χ0v) is 11.1. The first-order valence-electron chi connectivity index (χ1n) is 7.08. The van der Waals surface area contributed by atoms with Crippen molar-refractivity contribution < 1.29 is 0 Å². The summed E-state index contributed by atoms with van der Waals surface area (Å²) < 4.78 is 0. The van der Waals surface area contributed by atoms with E-state index in [4.69, 9.17) is 0 Å². The second kappa shape index (κ2) is 6.20. The van der Waals surface area contributed by atoms with E-state index in [1.807, 2.05) is 12.4 Å². The number of aromatic nitrogens is 2. The van der Waals surface area contributed by atoms with E-state index in [1.54, 1.807) is 0 Å². The van der Waals surface area contributed by atoms with E-state index in [2.05, 4.69) is 29.1 Å². The van der Waals surface area contributed by atoms with Crippen LogP contribution in [0.25, 0.3) is 0 Å². The fourth-order valence-corrected chi connectivity index (χ4v) is 2.88. The third-order valence-electron chi connectivity index (χ3n) is 4.12. The minimum absolute atomic E-state index is 0.396. The van der Waals surface area contributed by atoms with Gasteiger partial charge in [-0.3, -0.25) is 0 Å². The first kappa shape index (κ1) is 12.6. The molecule has 2 N–H and O–H groups in total. The average Bonchev–Trinajstić information content (AvgIpc) is 2.90. The van der Waals surface area contributed by atoms with Crippen LogP contribution < -0.4 is 5.32 Å². The highest BCUT2D eigenvalue weighted by Crippen LogP contribution is 2.28. The van der Waals surface area contributed by atoms with Gasteiger partial charge in [0.05, 0.1) is 6.04 Å². The Hall–Kier alpha value is -0.830. The van der Waals surface area contributed by atoms with Crippen molar-refractivity contribution in [1.82, 2.24) is 15.3 Å². The lowest BCUT2D eigenvalue weighted by atomic mass is 9.84. The van der Waals surface area contributed by atoms with Gasteiger partial charge in [-0.25, -0.2) is 4.98 Å². The molecule has 1 heterocycles. The van der Waals surface area contributed by atoms with Gasteiger partial charge in [0.1, 0.15) is 5.82 Å². The SMILES string of the molecule is CCC1CCC(NC(CC)c2ncc[nH]2)CC1. The summed E-state index contributed by atoms with van der Waals surface area (Å²) in [5.74, 6) is 2.06. The standard InChI is InChI=1S/C14H25N3/c1-3-11-5-7-12(8-6-11)17-13(4-2)14-15-9-10-16-14/h9-13,17H,3-8H2,1-2H3,(H,15,16). The minimum Gasteiger partial charge on any atom is -0.347 e. The normalized spacial score (nSPS) is 26.9. The summed E-state index contributed by atoms with van der Waals surface area (Å²) in [6, 6.07) is 1.08. The van der Waals surface area contributed by atoms with Gasteiger partial charge in [0.15, 0.2) is 0 Å². The van der Waals surface area contributed by atoms with E-state index in [0.29, 0.717) is 12.1 Å². The van der Waals surface area contributed by atoms with Crippen molar-refractivity contribution in [2.24, 2.45) is 5.92 Å². The molecule has 17 heavy (non-hydrogen) atoms. The lowest BCUT2D eigenvalue weighted by Gasteiger charge is -2.31. The maximum Gasteiger partial charge on any atom is 0.123 e. The second-order valence-corrected chi connectivity index (χ2v) is 5.23. The van der Waals surface area contributed by atoms with Crippen LogP contribution in [0.15, 0.2) is 12.4 Å². The van der Waals surface area contributed by atoms with E-state index in [9.17, 15) is 0 Å². The molecule has 96 valence electrons. The first-order valence-corrected chi connectivity index (χ1v) is 7.08. The molecule has 1 unspecified atom stereocenters. The Morgan fingerprint density at radius 1 is 1.35 bits per heavy atom. The summed E-state index contributed by atoms with van der Waals surface area (Å²) in [5, 5.41) is 3.76. The molecule has 0 spiro atoms. The number of hydrogen-bond donors (Lipinski definition) is 2. The summed E-state index contributed by atoms with van der Waals surface area (Å²) in [6.45, 7) is 4.54. The van der Waals surface area contributed by atoms with Gasteiger partial charge < -0.3 is 10.3 Å². The molecule has 1 aromatic rings. The number of imidazole rings is 1. The van der Waals surface area contributed by atoms with Crippen LogP contribution in [0.5, 0.6) is 0 Å². The van der Waals surface area contributed by atoms with E-state index in [-0.39, 0.29) is 0 Å². The predicted molar refractivity (Wildman–Crippen MR) is 70.8 cm³/mol. The lowest BCUT2D eigenvalue weighted by molar-refractivity contribution is 0.265. The zero-order chi connectivity index (χ0) is 12.1. The van der Waals surface area contributed by atoms with Crippen LogP contribution in [0.4, 0.5) is 0 Å². The smallest absolute Gasteiger partial charge is 0.123 e. The third kappa shape index (κ3) is 3.32. The summed E-state index contributed by atoms with van der Waals surface area (Å²) in [6.07, 6.45) is 11.6. The summed E-state index contributed by atoms with van der Waals surface area (Å²) >= 11 is 0. The highest BCUT2D eigenvalue weighted by atomic mass is 15.0. The van der Waals surface area contributed by atoms with Crippen LogP contribution in [0.2, 0.25) is 0 Å². The molecule has 1 aliphatic carbocycles. The zero-order valence-electron chi connectivity index (χ0n) is 11.1. The van der Waals surface area contributed by atoms with Crippen molar-refractivity contribution in [1.29, 1.82) is 0 Å². The maximum absolute atomic E-state index is 4.37. The summed E-state index contributed by atoms with van der Waals surface area (Å²) in [4.78, 5) is 7.59. The average molecular weight is 235 g/mol. The molecule has 1 aromatic heterocycles. The quantitative estimate of drug-likeness (QED) is 0.821. The second-order valence-electron chi connectivity index (χ2n) is 5.23. The van der Waals surface area contributed by atoms with Crippen molar-refractivity contribution in [2.75, 3.05) is 0 Å². The van der Waals surface area contributed by atoms with Crippen molar-refractivity contribution in [3.05, 3.63) is 18.2 Å². The van der Waals surface area contributed by atoms with Gasteiger partial charge in [0.2, 0.25) is 0 Å². The number of rotatable bonds is 5. The summed E-state index contributed by atoms with van der Waals surface area (Å²) in [5.41, 5.74) is 0. The molecule has 0 amide bonds. The molecule has 1 atom stereocenters. The Kier molecular flexibility index (Phi) is 4.60. The van der Waals surface area contributed by atoms with Crippen LogP contribution >= 0.6 is 0 Å². The number of H-pyrrole nitrogens is 1. The Balaban J connectivity index is 1.84. The highest BCUT2D eigenvalue weighted by molar-refractivity contribution is 4.96. The van der Waals surface area contributed by atoms with Crippen molar-refractivity contribution in [3.63, 3.8) is 0 Å².